The second-order valence-corrected chi connectivity index (χ2v) is 6.76. The molecule has 0 radical (unpaired) electrons. The van der Waals surface area contributed by atoms with Crippen molar-refractivity contribution in [2.45, 2.75) is 26.2 Å². The molecule has 6 heteroatoms. The summed E-state index contributed by atoms with van der Waals surface area (Å²) in [6.45, 7) is 4.31. The summed E-state index contributed by atoms with van der Waals surface area (Å²) in [7, 11) is 0. The predicted octanol–water partition coefficient (Wildman–Crippen LogP) is 3.90. The second-order valence-electron chi connectivity index (χ2n) is 6.76. The zero-order valence-electron chi connectivity index (χ0n) is 16.2. The van der Waals surface area contributed by atoms with Crippen molar-refractivity contribution < 1.29 is 14.3 Å². The number of nitrogens with zero attached hydrogens (tertiary/aromatic N) is 1. The molecule has 0 bridgehead atoms. The van der Waals surface area contributed by atoms with Crippen molar-refractivity contribution in [3.63, 3.8) is 0 Å². The SMILES string of the molecule is CCOC(=O)c1ccccc1NCC(=O)Nc1ccc(N2CCCCC2)cc1. The van der Waals surface area contributed by atoms with E-state index in [1.54, 1.807) is 25.1 Å². The van der Waals surface area contributed by atoms with Crippen LogP contribution >= 0.6 is 0 Å². The summed E-state index contributed by atoms with van der Waals surface area (Å²) in [4.78, 5) is 26.7. The third-order valence-electron chi connectivity index (χ3n) is 4.73. The van der Waals surface area contributed by atoms with Gasteiger partial charge in [0, 0.05) is 30.2 Å². The van der Waals surface area contributed by atoms with E-state index in [9.17, 15) is 9.59 Å². The van der Waals surface area contributed by atoms with Gasteiger partial charge in [0.05, 0.1) is 18.7 Å². The molecule has 1 fully saturated rings. The highest BCUT2D eigenvalue weighted by Gasteiger charge is 2.13. The van der Waals surface area contributed by atoms with Gasteiger partial charge >= 0.3 is 5.97 Å². The predicted molar refractivity (Wildman–Crippen MR) is 112 cm³/mol. The van der Waals surface area contributed by atoms with Gasteiger partial charge in [0.2, 0.25) is 5.91 Å². The Morgan fingerprint density at radius 3 is 2.43 bits per heavy atom. The molecular formula is C22H27N3O3. The van der Waals surface area contributed by atoms with Crippen molar-refractivity contribution in [2.24, 2.45) is 0 Å². The Hall–Kier alpha value is -3.02. The molecule has 148 valence electrons. The number of carbonyl (C=O) groups is 2. The number of amides is 1. The Bertz CT molecular complexity index is 799. The molecule has 0 unspecified atom stereocenters. The fourth-order valence-electron chi connectivity index (χ4n) is 3.31. The van der Waals surface area contributed by atoms with E-state index in [1.807, 2.05) is 30.3 Å². The monoisotopic (exact) mass is 381 g/mol. The van der Waals surface area contributed by atoms with E-state index in [2.05, 4.69) is 15.5 Å². The van der Waals surface area contributed by atoms with Crippen LogP contribution in [0.3, 0.4) is 0 Å². The molecule has 0 aliphatic carbocycles. The first kappa shape index (κ1) is 19.7. The Morgan fingerprint density at radius 2 is 1.71 bits per heavy atom. The quantitative estimate of drug-likeness (QED) is 0.712. The Kier molecular flexibility index (Phi) is 6.89. The molecule has 1 heterocycles. The number of esters is 1. The maximum Gasteiger partial charge on any atom is 0.340 e. The van der Waals surface area contributed by atoms with Gasteiger partial charge in [-0.1, -0.05) is 12.1 Å². The molecule has 2 N–H and O–H groups in total. The molecule has 0 aromatic heterocycles. The third-order valence-corrected chi connectivity index (χ3v) is 4.73. The summed E-state index contributed by atoms with van der Waals surface area (Å²) in [5.74, 6) is -0.580. The van der Waals surface area contributed by atoms with E-state index in [1.165, 1.54) is 24.9 Å². The lowest BCUT2D eigenvalue weighted by Crippen LogP contribution is -2.29. The van der Waals surface area contributed by atoms with Crippen LogP contribution in [0.2, 0.25) is 0 Å². The molecule has 1 saturated heterocycles. The lowest BCUT2D eigenvalue weighted by atomic mass is 10.1. The summed E-state index contributed by atoms with van der Waals surface area (Å²) >= 11 is 0. The van der Waals surface area contributed by atoms with E-state index in [4.69, 9.17) is 4.74 Å². The topological polar surface area (TPSA) is 70.7 Å². The zero-order chi connectivity index (χ0) is 19.8. The first-order valence-electron chi connectivity index (χ1n) is 9.82. The fraction of sp³-hybridized carbons (Fsp3) is 0.364. The number of carbonyl (C=O) groups excluding carboxylic acids is 2. The van der Waals surface area contributed by atoms with Gasteiger partial charge in [-0.2, -0.15) is 0 Å². The molecule has 1 aliphatic heterocycles. The largest absolute Gasteiger partial charge is 0.462 e. The smallest absolute Gasteiger partial charge is 0.340 e. The lowest BCUT2D eigenvalue weighted by Gasteiger charge is -2.28. The van der Waals surface area contributed by atoms with Gasteiger partial charge in [0.25, 0.3) is 0 Å². The Balaban J connectivity index is 1.54. The maximum atomic E-state index is 12.3. The van der Waals surface area contributed by atoms with Crippen LogP contribution in [0.5, 0.6) is 0 Å². The molecule has 0 atom stereocenters. The van der Waals surface area contributed by atoms with Crippen LogP contribution in [0.15, 0.2) is 48.5 Å². The molecule has 0 saturated carbocycles. The van der Waals surface area contributed by atoms with Gasteiger partial charge < -0.3 is 20.3 Å². The second kappa shape index (κ2) is 9.78. The van der Waals surface area contributed by atoms with Crippen LogP contribution in [0.4, 0.5) is 17.1 Å². The van der Waals surface area contributed by atoms with Gasteiger partial charge in [-0.25, -0.2) is 4.79 Å². The van der Waals surface area contributed by atoms with Crippen LogP contribution in [0.25, 0.3) is 0 Å². The van der Waals surface area contributed by atoms with Crippen molar-refractivity contribution in [3.8, 4) is 0 Å². The van der Waals surface area contributed by atoms with E-state index < -0.39 is 5.97 Å². The van der Waals surface area contributed by atoms with Gasteiger partial charge in [-0.3, -0.25) is 4.79 Å². The number of para-hydroxylation sites is 1. The average Bonchev–Trinajstić information content (AvgIpc) is 2.74. The lowest BCUT2D eigenvalue weighted by molar-refractivity contribution is -0.114. The molecule has 28 heavy (non-hydrogen) atoms. The van der Waals surface area contributed by atoms with Gasteiger partial charge in [-0.15, -0.1) is 0 Å². The molecule has 2 aromatic carbocycles. The van der Waals surface area contributed by atoms with Crippen molar-refractivity contribution in [2.75, 3.05) is 41.8 Å². The van der Waals surface area contributed by atoms with Crippen molar-refractivity contribution >= 4 is 28.9 Å². The molecule has 2 aromatic rings. The minimum atomic E-state index is -0.403. The van der Waals surface area contributed by atoms with E-state index in [-0.39, 0.29) is 12.5 Å². The summed E-state index contributed by atoms with van der Waals surface area (Å²) < 4.78 is 5.05. The van der Waals surface area contributed by atoms with Crippen LogP contribution in [-0.4, -0.2) is 38.1 Å². The van der Waals surface area contributed by atoms with Crippen LogP contribution in [0, 0.1) is 0 Å². The molecular weight excluding hydrogens is 354 g/mol. The Labute approximate surface area is 165 Å². The summed E-state index contributed by atoms with van der Waals surface area (Å²) in [6.07, 6.45) is 3.77. The number of benzene rings is 2. The molecule has 1 amide bonds. The maximum absolute atomic E-state index is 12.3. The minimum absolute atomic E-state index is 0.0598. The average molecular weight is 381 g/mol. The summed E-state index contributed by atoms with van der Waals surface area (Å²) in [5.41, 5.74) is 2.95. The van der Waals surface area contributed by atoms with E-state index >= 15 is 0 Å². The summed E-state index contributed by atoms with van der Waals surface area (Å²) in [6, 6.07) is 15.0. The molecule has 6 nitrogen and oxygen atoms in total. The minimum Gasteiger partial charge on any atom is -0.462 e. The van der Waals surface area contributed by atoms with Crippen LogP contribution < -0.4 is 15.5 Å². The van der Waals surface area contributed by atoms with E-state index in [0.29, 0.717) is 17.9 Å². The fourth-order valence-corrected chi connectivity index (χ4v) is 3.31. The van der Waals surface area contributed by atoms with Crippen molar-refractivity contribution in [1.82, 2.24) is 0 Å². The first-order valence-corrected chi connectivity index (χ1v) is 9.82. The van der Waals surface area contributed by atoms with Crippen LogP contribution in [0.1, 0.15) is 36.5 Å². The number of nitrogens with one attached hydrogen (secondary N) is 2. The number of hydrogen-bond acceptors (Lipinski definition) is 5. The normalized spacial score (nSPS) is 13.7. The zero-order valence-corrected chi connectivity index (χ0v) is 16.2. The Morgan fingerprint density at radius 1 is 1.00 bits per heavy atom. The number of anilines is 3. The highest BCUT2D eigenvalue weighted by Crippen LogP contribution is 2.22. The molecule has 1 aliphatic rings. The van der Waals surface area contributed by atoms with Gasteiger partial charge in [0.15, 0.2) is 0 Å². The van der Waals surface area contributed by atoms with Crippen molar-refractivity contribution in [3.05, 3.63) is 54.1 Å². The summed E-state index contributed by atoms with van der Waals surface area (Å²) in [5, 5.41) is 5.89. The van der Waals surface area contributed by atoms with Gasteiger partial charge in [0.1, 0.15) is 0 Å². The van der Waals surface area contributed by atoms with Gasteiger partial charge in [-0.05, 0) is 62.6 Å². The van der Waals surface area contributed by atoms with E-state index in [0.717, 1.165) is 18.8 Å². The standard InChI is InChI=1S/C22H27N3O3/c1-2-28-22(27)19-8-4-5-9-20(19)23-16-21(26)24-17-10-12-18(13-11-17)25-14-6-3-7-15-25/h4-5,8-13,23H,2-3,6-7,14-16H2,1H3,(H,24,26). The van der Waals surface area contributed by atoms with Crippen molar-refractivity contribution in [1.29, 1.82) is 0 Å². The number of ether oxygens (including phenoxy) is 1. The highest BCUT2D eigenvalue weighted by molar-refractivity contribution is 5.98. The van der Waals surface area contributed by atoms with Crippen LogP contribution in [-0.2, 0) is 9.53 Å². The first-order chi connectivity index (χ1) is 13.7. The number of hydrogen-bond donors (Lipinski definition) is 2. The molecule has 3 rings (SSSR count). The number of piperidine rings is 1. The highest BCUT2D eigenvalue weighted by atomic mass is 16.5. The number of rotatable bonds is 7. The third kappa shape index (κ3) is 5.25. The molecule has 0 spiro atoms.